The van der Waals surface area contributed by atoms with E-state index < -0.39 is 52.7 Å². The van der Waals surface area contributed by atoms with Gasteiger partial charge < -0.3 is 18.9 Å². The predicted molar refractivity (Wildman–Crippen MR) is 77.3 cm³/mol. The van der Waals surface area contributed by atoms with Gasteiger partial charge in [-0.15, -0.1) is 0 Å². The van der Waals surface area contributed by atoms with Crippen LogP contribution in [0.25, 0.3) is 0 Å². The smallest absolute Gasteiger partial charge is 0.303 e. The van der Waals surface area contributed by atoms with Crippen LogP contribution in [0.3, 0.4) is 0 Å². The minimum absolute atomic E-state index is 0.148. The first kappa shape index (κ1) is 20.3. The van der Waals surface area contributed by atoms with Gasteiger partial charge in [0, 0.05) is 27.2 Å². The Labute approximate surface area is 138 Å². The van der Waals surface area contributed by atoms with E-state index in [0.717, 1.165) is 20.8 Å². The van der Waals surface area contributed by atoms with Gasteiger partial charge in [0.05, 0.1) is 0 Å². The highest BCUT2D eigenvalue weighted by Crippen LogP contribution is 2.25. The highest BCUT2D eigenvalue weighted by Gasteiger charge is 2.44. The van der Waals surface area contributed by atoms with E-state index in [4.69, 9.17) is 24.1 Å². The Morgan fingerprint density at radius 3 is 2.17 bits per heavy atom. The first-order valence-corrected chi connectivity index (χ1v) is 8.46. The molecule has 24 heavy (non-hydrogen) atoms. The summed E-state index contributed by atoms with van der Waals surface area (Å²) < 4.78 is 44.7. The number of nitrogens with one attached hydrogen (secondary N) is 1. The number of rotatable bonds is 6. The van der Waals surface area contributed by atoms with E-state index in [1.807, 2.05) is 4.72 Å². The Bertz CT molecular complexity index is 591. The lowest BCUT2D eigenvalue weighted by Gasteiger charge is -2.39. The zero-order valence-corrected chi connectivity index (χ0v) is 14.2. The van der Waals surface area contributed by atoms with Crippen LogP contribution in [0, 0.1) is 0 Å². The van der Waals surface area contributed by atoms with Crippen LogP contribution in [0.15, 0.2) is 0 Å². The number of carbonyl (C=O) groups excluding carboxylic acids is 3. The molecule has 0 aromatic carbocycles. The van der Waals surface area contributed by atoms with Crippen molar-refractivity contribution in [3.63, 3.8) is 0 Å². The standard InChI is InChI=1S/C12H20N2O9S/c1-6(15)20-5-10-12(22-8(3)17)9(21-7(2)16)4-11(23-10)14-24(13,18)19/h9-12,14H,4-5H2,1-3H3,(H2,13,18,19)/t9-,10-,11-,12?/m1/s1. The lowest BCUT2D eigenvalue weighted by molar-refractivity contribution is -0.216. The van der Waals surface area contributed by atoms with Gasteiger partial charge in [0.1, 0.15) is 25.0 Å². The summed E-state index contributed by atoms with van der Waals surface area (Å²) in [5.41, 5.74) is 0. The van der Waals surface area contributed by atoms with Crippen LogP contribution in [-0.4, -0.2) is 57.5 Å². The molecular weight excluding hydrogens is 348 g/mol. The van der Waals surface area contributed by atoms with Gasteiger partial charge in [-0.2, -0.15) is 13.1 Å². The van der Waals surface area contributed by atoms with Crippen LogP contribution >= 0.6 is 0 Å². The van der Waals surface area contributed by atoms with Crippen molar-refractivity contribution in [1.29, 1.82) is 0 Å². The Morgan fingerprint density at radius 2 is 1.71 bits per heavy atom. The Kier molecular flexibility index (Phi) is 7.08. The van der Waals surface area contributed by atoms with E-state index in [0.29, 0.717) is 0 Å². The zero-order valence-electron chi connectivity index (χ0n) is 13.4. The minimum Gasteiger partial charge on any atom is -0.463 e. The van der Waals surface area contributed by atoms with Gasteiger partial charge in [0.15, 0.2) is 6.10 Å². The predicted octanol–water partition coefficient (Wildman–Crippen LogP) is -1.68. The van der Waals surface area contributed by atoms with Crippen LogP contribution in [0.5, 0.6) is 0 Å². The Hall–Kier alpha value is -1.76. The molecule has 0 amide bonds. The minimum atomic E-state index is -4.10. The number of ether oxygens (including phenoxy) is 4. The van der Waals surface area contributed by atoms with Crippen LogP contribution in [0.4, 0.5) is 0 Å². The molecule has 1 aliphatic rings. The fraction of sp³-hybridized carbons (Fsp3) is 0.750. The van der Waals surface area contributed by atoms with Crippen LogP contribution in [-0.2, 0) is 43.5 Å². The molecule has 1 fully saturated rings. The molecule has 1 unspecified atom stereocenters. The maximum atomic E-state index is 11.3. The van der Waals surface area contributed by atoms with Crippen molar-refractivity contribution in [3.8, 4) is 0 Å². The molecule has 138 valence electrons. The summed E-state index contributed by atoms with van der Waals surface area (Å²) in [4.78, 5) is 33.5. The fourth-order valence-electron chi connectivity index (χ4n) is 2.19. The summed E-state index contributed by atoms with van der Waals surface area (Å²) in [6, 6.07) is 0. The molecule has 1 aliphatic heterocycles. The van der Waals surface area contributed by atoms with Gasteiger partial charge in [-0.3, -0.25) is 14.4 Å². The monoisotopic (exact) mass is 368 g/mol. The second-order valence-electron chi connectivity index (χ2n) is 5.09. The van der Waals surface area contributed by atoms with Crippen molar-refractivity contribution in [2.24, 2.45) is 5.14 Å². The van der Waals surface area contributed by atoms with E-state index >= 15 is 0 Å². The van der Waals surface area contributed by atoms with Crippen LogP contribution < -0.4 is 9.86 Å². The Balaban J connectivity index is 3.01. The van der Waals surface area contributed by atoms with Gasteiger partial charge in [0.25, 0.3) is 10.2 Å². The molecule has 0 aromatic heterocycles. The molecule has 0 radical (unpaired) electrons. The second-order valence-corrected chi connectivity index (χ2v) is 6.41. The third kappa shape index (κ3) is 7.21. The Morgan fingerprint density at radius 1 is 1.12 bits per heavy atom. The van der Waals surface area contributed by atoms with Gasteiger partial charge >= 0.3 is 17.9 Å². The van der Waals surface area contributed by atoms with E-state index in [1.165, 1.54) is 0 Å². The quantitative estimate of drug-likeness (QED) is 0.412. The average molecular weight is 368 g/mol. The van der Waals surface area contributed by atoms with Crippen molar-refractivity contribution in [2.75, 3.05) is 6.61 Å². The molecule has 0 spiro atoms. The molecular formula is C12H20N2O9S. The summed E-state index contributed by atoms with van der Waals surface area (Å²) in [5, 5.41) is 4.90. The molecule has 4 atom stereocenters. The summed E-state index contributed by atoms with van der Waals surface area (Å²) in [5.74, 6) is -1.96. The molecule has 0 aliphatic carbocycles. The number of carbonyl (C=O) groups is 3. The number of hydrogen-bond donors (Lipinski definition) is 2. The maximum Gasteiger partial charge on any atom is 0.303 e. The van der Waals surface area contributed by atoms with E-state index in [-0.39, 0.29) is 13.0 Å². The highest BCUT2D eigenvalue weighted by atomic mass is 32.2. The van der Waals surface area contributed by atoms with E-state index in [2.05, 4.69) is 0 Å². The van der Waals surface area contributed by atoms with Gasteiger partial charge in [0.2, 0.25) is 0 Å². The highest BCUT2D eigenvalue weighted by molar-refractivity contribution is 7.87. The van der Waals surface area contributed by atoms with Gasteiger partial charge in [-0.05, 0) is 0 Å². The largest absolute Gasteiger partial charge is 0.463 e. The van der Waals surface area contributed by atoms with Crippen molar-refractivity contribution < 1.29 is 41.7 Å². The van der Waals surface area contributed by atoms with Crippen molar-refractivity contribution >= 4 is 28.1 Å². The number of esters is 3. The first-order chi connectivity index (χ1) is 11.0. The normalized spacial score (nSPS) is 27.2. The summed E-state index contributed by atoms with van der Waals surface area (Å²) in [7, 11) is -4.10. The van der Waals surface area contributed by atoms with Gasteiger partial charge in [-0.1, -0.05) is 0 Å². The zero-order chi connectivity index (χ0) is 18.5. The SMILES string of the molecule is CC(=O)OC[C@H]1O[C@@H](NS(N)(=O)=O)C[C@@H](OC(C)=O)C1OC(C)=O. The molecule has 0 aromatic rings. The average Bonchev–Trinajstić information content (AvgIpc) is 2.36. The fourth-order valence-corrected chi connectivity index (χ4v) is 2.71. The molecule has 1 rings (SSSR count). The third-order valence-electron chi connectivity index (χ3n) is 2.88. The summed E-state index contributed by atoms with van der Waals surface area (Å²) >= 11 is 0. The first-order valence-electron chi connectivity index (χ1n) is 6.91. The van der Waals surface area contributed by atoms with Crippen molar-refractivity contribution in [2.45, 2.75) is 51.7 Å². The van der Waals surface area contributed by atoms with Crippen LogP contribution in [0.1, 0.15) is 27.2 Å². The van der Waals surface area contributed by atoms with Crippen molar-refractivity contribution in [1.82, 2.24) is 4.72 Å². The lowest BCUT2D eigenvalue weighted by Crippen LogP contribution is -2.58. The molecule has 1 saturated heterocycles. The maximum absolute atomic E-state index is 11.3. The second kappa shape index (κ2) is 8.37. The molecule has 3 N–H and O–H groups in total. The van der Waals surface area contributed by atoms with E-state index in [1.54, 1.807) is 0 Å². The molecule has 0 saturated carbocycles. The molecule has 11 nitrogen and oxygen atoms in total. The van der Waals surface area contributed by atoms with Crippen LogP contribution in [0.2, 0.25) is 0 Å². The topological polar surface area (TPSA) is 160 Å². The number of nitrogens with two attached hydrogens (primary N) is 1. The third-order valence-corrected chi connectivity index (χ3v) is 3.48. The van der Waals surface area contributed by atoms with E-state index in [9.17, 15) is 22.8 Å². The summed E-state index contributed by atoms with van der Waals surface area (Å²) in [6.07, 6.45) is -4.46. The lowest BCUT2D eigenvalue weighted by atomic mass is 10.0. The van der Waals surface area contributed by atoms with Crippen molar-refractivity contribution in [3.05, 3.63) is 0 Å². The molecule has 1 heterocycles. The van der Waals surface area contributed by atoms with Gasteiger partial charge in [-0.25, -0.2) is 5.14 Å². The number of hydrogen-bond acceptors (Lipinski definition) is 9. The summed E-state index contributed by atoms with van der Waals surface area (Å²) in [6.45, 7) is 3.10. The molecule has 0 bridgehead atoms. The molecule has 12 heteroatoms.